The van der Waals surface area contributed by atoms with Crippen LogP contribution in [0.4, 0.5) is 5.69 Å². The fourth-order valence-electron chi connectivity index (χ4n) is 1.96. The summed E-state index contributed by atoms with van der Waals surface area (Å²) in [6.45, 7) is 2.02. The van der Waals surface area contributed by atoms with E-state index in [2.05, 4.69) is 22.0 Å². The highest BCUT2D eigenvalue weighted by molar-refractivity contribution is 9.10. The first-order valence-corrected chi connectivity index (χ1v) is 6.83. The number of hydrogen-bond donors (Lipinski definition) is 0. The minimum atomic E-state index is -0.439. The topological polar surface area (TPSA) is 66.9 Å². The molecular weight excluding hydrogens is 320 g/mol. The number of nitrogens with zero attached hydrogens (tertiary/aromatic N) is 2. The molecule has 0 aliphatic carbocycles. The third-order valence-electron chi connectivity index (χ3n) is 3.06. The van der Waals surface area contributed by atoms with Crippen LogP contribution < -0.4 is 0 Å². The summed E-state index contributed by atoms with van der Waals surface area (Å²) in [5.74, 6) is 0. The molecule has 2 aromatic rings. The van der Waals surface area contributed by atoms with Gasteiger partial charge in [0.2, 0.25) is 0 Å². The Balaban J connectivity index is 2.70. The Morgan fingerprint density at radius 3 is 2.60 bits per heavy atom. The highest BCUT2D eigenvalue weighted by Gasteiger charge is 2.14. The Hall–Kier alpha value is -2.19. The van der Waals surface area contributed by atoms with Crippen molar-refractivity contribution in [3.05, 3.63) is 62.1 Å². The third kappa shape index (κ3) is 2.70. The highest BCUT2D eigenvalue weighted by Crippen LogP contribution is 2.34. The number of non-ortho nitro benzene ring substituents is 1. The van der Waals surface area contributed by atoms with Gasteiger partial charge in [-0.25, -0.2) is 0 Å². The average Bonchev–Trinajstić information content (AvgIpc) is 2.46. The van der Waals surface area contributed by atoms with Gasteiger partial charge in [0.15, 0.2) is 0 Å². The average molecular weight is 331 g/mol. The number of benzene rings is 2. The molecule has 0 saturated carbocycles. The zero-order valence-electron chi connectivity index (χ0n) is 10.8. The Kier molecular flexibility index (Phi) is 4.16. The Morgan fingerprint density at radius 1 is 1.25 bits per heavy atom. The molecule has 0 amide bonds. The van der Waals surface area contributed by atoms with Crippen molar-refractivity contribution >= 4 is 21.6 Å². The minimum Gasteiger partial charge on any atom is -0.258 e. The molecular formula is C15H11BrN2O2. The number of nitro benzene ring substituents is 1. The second-order valence-corrected chi connectivity index (χ2v) is 5.12. The summed E-state index contributed by atoms with van der Waals surface area (Å²) in [4.78, 5) is 10.5. The second kappa shape index (κ2) is 5.85. The van der Waals surface area contributed by atoms with Crippen molar-refractivity contribution in [2.75, 3.05) is 0 Å². The predicted octanol–water partition coefficient (Wildman–Crippen LogP) is 4.46. The fourth-order valence-corrected chi connectivity index (χ4v) is 2.43. The molecule has 0 spiro atoms. The standard InChI is InChI=1S/C15H11BrN2O2/c1-2-10-3-4-11(9-17)13(7-10)14-8-12(18(19)20)5-6-15(14)16/h3-8H,2H2,1H3. The summed E-state index contributed by atoms with van der Waals surface area (Å²) in [5.41, 5.74) is 2.96. The molecule has 0 N–H and O–H groups in total. The molecule has 2 rings (SSSR count). The molecule has 20 heavy (non-hydrogen) atoms. The molecule has 4 nitrogen and oxygen atoms in total. The van der Waals surface area contributed by atoms with Gasteiger partial charge in [-0.1, -0.05) is 28.9 Å². The van der Waals surface area contributed by atoms with Gasteiger partial charge >= 0.3 is 0 Å². The molecule has 0 aliphatic rings. The Bertz CT molecular complexity index is 720. The first-order valence-electron chi connectivity index (χ1n) is 6.04. The van der Waals surface area contributed by atoms with Crippen molar-refractivity contribution in [2.45, 2.75) is 13.3 Å². The van der Waals surface area contributed by atoms with Gasteiger partial charge in [-0.3, -0.25) is 10.1 Å². The van der Waals surface area contributed by atoms with E-state index < -0.39 is 4.92 Å². The van der Waals surface area contributed by atoms with Crippen LogP contribution in [0, 0.1) is 21.4 Å². The van der Waals surface area contributed by atoms with Gasteiger partial charge in [0.05, 0.1) is 16.6 Å². The molecule has 0 bridgehead atoms. The van der Waals surface area contributed by atoms with Gasteiger partial charge in [-0.15, -0.1) is 0 Å². The summed E-state index contributed by atoms with van der Waals surface area (Å²) in [7, 11) is 0. The van der Waals surface area contributed by atoms with E-state index in [0.29, 0.717) is 16.7 Å². The van der Waals surface area contributed by atoms with E-state index in [4.69, 9.17) is 0 Å². The number of hydrogen-bond acceptors (Lipinski definition) is 3. The lowest BCUT2D eigenvalue weighted by atomic mass is 9.97. The molecule has 0 aliphatic heterocycles. The summed E-state index contributed by atoms with van der Waals surface area (Å²) >= 11 is 3.39. The van der Waals surface area contributed by atoms with E-state index >= 15 is 0 Å². The zero-order chi connectivity index (χ0) is 14.7. The van der Waals surface area contributed by atoms with E-state index in [9.17, 15) is 15.4 Å². The first kappa shape index (κ1) is 14.2. The molecule has 0 fully saturated rings. The van der Waals surface area contributed by atoms with E-state index in [0.717, 1.165) is 16.5 Å². The van der Waals surface area contributed by atoms with Gasteiger partial charge < -0.3 is 0 Å². The lowest BCUT2D eigenvalue weighted by Gasteiger charge is -2.09. The van der Waals surface area contributed by atoms with Gasteiger partial charge in [0.1, 0.15) is 0 Å². The molecule has 0 heterocycles. The largest absolute Gasteiger partial charge is 0.270 e. The summed E-state index contributed by atoms with van der Waals surface area (Å²) in [5, 5.41) is 20.1. The number of aryl methyl sites for hydroxylation is 1. The minimum absolute atomic E-state index is 0.00833. The van der Waals surface area contributed by atoms with Crippen LogP contribution in [0.1, 0.15) is 18.1 Å². The summed E-state index contributed by atoms with van der Waals surface area (Å²) < 4.78 is 0.729. The molecule has 2 aromatic carbocycles. The second-order valence-electron chi connectivity index (χ2n) is 4.27. The van der Waals surface area contributed by atoms with Crippen molar-refractivity contribution in [1.82, 2.24) is 0 Å². The fraction of sp³-hybridized carbons (Fsp3) is 0.133. The lowest BCUT2D eigenvalue weighted by Crippen LogP contribution is -1.92. The van der Waals surface area contributed by atoms with Crippen molar-refractivity contribution in [1.29, 1.82) is 5.26 Å². The number of nitriles is 1. The maximum atomic E-state index is 10.9. The van der Waals surface area contributed by atoms with Crippen LogP contribution in [-0.4, -0.2) is 4.92 Å². The molecule has 0 radical (unpaired) electrons. The van der Waals surface area contributed by atoms with Crippen LogP contribution in [0.5, 0.6) is 0 Å². The van der Waals surface area contributed by atoms with Crippen LogP contribution in [0.15, 0.2) is 40.9 Å². The van der Waals surface area contributed by atoms with Crippen LogP contribution in [0.25, 0.3) is 11.1 Å². The number of halogens is 1. The summed E-state index contributed by atoms with van der Waals surface area (Å²) in [6.07, 6.45) is 0.839. The quantitative estimate of drug-likeness (QED) is 0.616. The van der Waals surface area contributed by atoms with Crippen LogP contribution in [0.2, 0.25) is 0 Å². The highest BCUT2D eigenvalue weighted by atomic mass is 79.9. The molecule has 5 heteroatoms. The monoisotopic (exact) mass is 330 g/mol. The molecule has 0 aromatic heterocycles. The van der Waals surface area contributed by atoms with Crippen molar-refractivity contribution < 1.29 is 4.92 Å². The van der Waals surface area contributed by atoms with Gasteiger partial charge in [-0.05, 0) is 30.2 Å². The van der Waals surface area contributed by atoms with Gasteiger partial charge in [-0.2, -0.15) is 5.26 Å². The van der Waals surface area contributed by atoms with E-state index in [1.54, 1.807) is 12.1 Å². The maximum Gasteiger partial charge on any atom is 0.270 e. The predicted molar refractivity (Wildman–Crippen MR) is 80.3 cm³/mol. The van der Waals surface area contributed by atoms with Crippen LogP contribution in [0.3, 0.4) is 0 Å². The van der Waals surface area contributed by atoms with E-state index in [1.807, 2.05) is 19.1 Å². The number of rotatable bonds is 3. The van der Waals surface area contributed by atoms with Crippen molar-refractivity contribution in [2.24, 2.45) is 0 Å². The Labute approximate surface area is 124 Å². The van der Waals surface area contributed by atoms with Crippen LogP contribution in [-0.2, 0) is 6.42 Å². The molecule has 100 valence electrons. The normalized spacial score (nSPS) is 10.1. The van der Waals surface area contributed by atoms with E-state index in [-0.39, 0.29) is 5.69 Å². The van der Waals surface area contributed by atoms with Gasteiger partial charge in [0.25, 0.3) is 5.69 Å². The third-order valence-corrected chi connectivity index (χ3v) is 3.76. The SMILES string of the molecule is CCc1ccc(C#N)c(-c2cc([N+](=O)[O-])ccc2Br)c1. The molecule has 0 atom stereocenters. The molecule has 0 unspecified atom stereocenters. The maximum absolute atomic E-state index is 10.9. The van der Waals surface area contributed by atoms with Crippen molar-refractivity contribution in [3.63, 3.8) is 0 Å². The molecule has 0 saturated heterocycles. The van der Waals surface area contributed by atoms with Crippen LogP contribution >= 0.6 is 15.9 Å². The Morgan fingerprint density at radius 2 is 2.00 bits per heavy atom. The zero-order valence-corrected chi connectivity index (χ0v) is 12.3. The van der Waals surface area contributed by atoms with Gasteiger partial charge in [0, 0.05) is 27.7 Å². The first-order chi connectivity index (χ1) is 9.56. The van der Waals surface area contributed by atoms with E-state index in [1.165, 1.54) is 12.1 Å². The van der Waals surface area contributed by atoms with Crippen molar-refractivity contribution in [3.8, 4) is 17.2 Å². The lowest BCUT2D eigenvalue weighted by molar-refractivity contribution is -0.384. The number of nitro groups is 1. The summed E-state index contributed by atoms with van der Waals surface area (Å²) in [6, 6.07) is 12.2. The smallest absolute Gasteiger partial charge is 0.258 e.